The second kappa shape index (κ2) is 9.62. The molecule has 2 aromatic rings. The first-order valence-electron chi connectivity index (χ1n) is 12.3. The summed E-state index contributed by atoms with van der Waals surface area (Å²) in [6, 6.07) is 6.85. The Morgan fingerprint density at radius 1 is 1.26 bits per heavy atom. The molecule has 5 rings (SSSR count). The van der Waals surface area contributed by atoms with E-state index in [9.17, 15) is 22.4 Å². The molecule has 1 saturated carbocycles. The van der Waals surface area contributed by atoms with E-state index in [1.165, 1.54) is 47.5 Å². The SMILES string of the molecule is [C-]#[N+]c1ccc(/C(F)=C/c2ccc(F)c([C@@]3(C)N=C(N)S[C@@]4(C(=O)N5CCC(C(F)(F)F)CC5)C[C@H]43)c2)nc1. The molecule has 2 aliphatic heterocycles. The number of rotatable bonds is 4. The number of pyridine rings is 1. The molecule has 1 saturated heterocycles. The molecule has 3 atom stereocenters. The van der Waals surface area contributed by atoms with Crippen molar-refractivity contribution in [3.8, 4) is 0 Å². The Labute approximate surface area is 226 Å². The minimum absolute atomic E-state index is 0.00930. The van der Waals surface area contributed by atoms with Gasteiger partial charge < -0.3 is 10.6 Å². The summed E-state index contributed by atoms with van der Waals surface area (Å²) >= 11 is 1.08. The van der Waals surface area contributed by atoms with Crippen molar-refractivity contribution in [1.29, 1.82) is 0 Å². The van der Waals surface area contributed by atoms with Gasteiger partial charge in [-0.15, -0.1) is 0 Å². The highest BCUT2D eigenvalue weighted by Gasteiger charge is 2.71. The second-order valence-electron chi connectivity index (χ2n) is 10.2. The molecule has 204 valence electrons. The average molecular weight is 562 g/mol. The maximum absolute atomic E-state index is 15.2. The smallest absolute Gasteiger partial charge is 0.378 e. The van der Waals surface area contributed by atoms with Crippen LogP contribution in [0.15, 0.2) is 41.5 Å². The van der Waals surface area contributed by atoms with E-state index in [4.69, 9.17) is 12.3 Å². The van der Waals surface area contributed by atoms with Crippen LogP contribution in [-0.2, 0) is 10.3 Å². The Morgan fingerprint density at radius 3 is 2.59 bits per heavy atom. The molecule has 1 aromatic heterocycles. The number of amidine groups is 1. The van der Waals surface area contributed by atoms with Crippen LogP contribution in [0.25, 0.3) is 16.7 Å². The number of halogens is 5. The van der Waals surface area contributed by atoms with Crippen molar-refractivity contribution < 1.29 is 26.7 Å². The fraction of sp³-hybridized carbons (Fsp3) is 0.407. The monoisotopic (exact) mass is 561 g/mol. The highest BCUT2D eigenvalue weighted by Crippen LogP contribution is 2.66. The van der Waals surface area contributed by atoms with Crippen LogP contribution < -0.4 is 5.73 Å². The first-order chi connectivity index (χ1) is 18.4. The normalized spacial score (nSPS) is 27.4. The first-order valence-corrected chi connectivity index (χ1v) is 13.1. The molecule has 6 nitrogen and oxygen atoms in total. The Balaban J connectivity index is 1.41. The molecule has 39 heavy (non-hydrogen) atoms. The lowest BCUT2D eigenvalue weighted by molar-refractivity contribution is -0.186. The van der Waals surface area contributed by atoms with Gasteiger partial charge in [0.15, 0.2) is 5.17 Å². The third-order valence-electron chi connectivity index (χ3n) is 7.78. The van der Waals surface area contributed by atoms with Crippen molar-refractivity contribution in [2.24, 2.45) is 22.6 Å². The van der Waals surface area contributed by atoms with Gasteiger partial charge in [0.2, 0.25) is 11.6 Å². The number of likely N-dealkylation sites (tertiary alicyclic amines) is 1. The summed E-state index contributed by atoms with van der Waals surface area (Å²) < 4.78 is 68.4. The van der Waals surface area contributed by atoms with Gasteiger partial charge in [0.05, 0.1) is 23.7 Å². The zero-order valence-corrected chi connectivity index (χ0v) is 21.6. The van der Waals surface area contributed by atoms with Crippen LogP contribution in [0.3, 0.4) is 0 Å². The summed E-state index contributed by atoms with van der Waals surface area (Å²) in [5, 5.41) is 0.0837. The van der Waals surface area contributed by atoms with E-state index in [0.29, 0.717) is 12.0 Å². The molecular formula is C27H24F5N5OS. The van der Waals surface area contributed by atoms with E-state index in [1.807, 2.05) is 0 Å². The third kappa shape index (κ3) is 4.88. The number of aliphatic imine (C=N–C) groups is 1. The number of carbonyl (C=O) groups excluding carboxylic acids is 1. The quantitative estimate of drug-likeness (QED) is 0.363. The summed E-state index contributed by atoms with van der Waals surface area (Å²) in [5.41, 5.74) is 5.64. The number of hydrogen-bond acceptors (Lipinski definition) is 5. The summed E-state index contributed by atoms with van der Waals surface area (Å²) in [5.74, 6) is -3.47. The van der Waals surface area contributed by atoms with Gasteiger partial charge >= 0.3 is 6.18 Å². The lowest BCUT2D eigenvalue weighted by atomic mass is 9.84. The Bertz CT molecular complexity index is 1410. The van der Waals surface area contributed by atoms with Crippen molar-refractivity contribution in [2.45, 2.75) is 42.6 Å². The first kappa shape index (κ1) is 27.1. The van der Waals surface area contributed by atoms with Gasteiger partial charge in [-0.25, -0.2) is 13.6 Å². The predicted molar refractivity (Wildman–Crippen MR) is 139 cm³/mol. The van der Waals surface area contributed by atoms with Gasteiger partial charge in [-0.2, -0.15) is 13.2 Å². The number of benzene rings is 1. The molecule has 0 bridgehead atoms. The fourth-order valence-corrected chi connectivity index (χ4v) is 7.01. The molecular weight excluding hydrogens is 537 g/mol. The van der Waals surface area contributed by atoms with Crippen molar-refractivity contribution in [3.05, 3.63) is 70.6 Å². The summed E-state index contributed by atoms with van der Waals surface area (Å²) in [6.07, 6.45) is -1.84. The van der Waals surface area contributed by atoms with Gasteiger partial charge in [0.1, 0.15) is 16.4 Å². The molecule has 0 radical (unpaired) electrons. The van der Waals surface area contributed by atoms with Crippen molar-refractivity contribution in [1.82, 2.24) is 9.88 Å². The van der Waals surface area contributed by atoms with Crippen molar-refractivity contribution >= 4 is 40.4 Å². The lowest BCUT2D eigenvalue weighted by Crippen LogP contribution is -2.49. The number of hydrogen-bond donors (Lipinski definition) is 1. The van der Waals surface area contributed by atoms with E-state index in [1.54, 1.807) is 6.92 Å². The molecule has 3 aliphatic rings. The number of aromatic nitrogens is 1. The molecule has 1 aliphatic carbocycles. The van der Waals surface area contributed by atoms with E-state index in [0.717, 1.165) is 11.8 Å². The number of thioether (sulfide) groups is 1. The highest BCUT2D eigenvalue weighted by atomic mass is 32.2. The largest absolute Gasteiger partial charge is 0.391 e. The molecule has 2 N–H and O–H groups in total. The zero-order valence-electron chi connectivity index (χ0n) is 20.8. The standard InChI is InChI=1S/C27H24F5N5OS/c1-25(18-11-15(3-5-19(18)28)12-20(29)21-6-4-17(34-2)14-35-21)22-13-26(22,39-24(33)36-25)23(38)37-9-7-16(8-10-37)27(30,31)32/h3-6,11-12,14,16,22H,7-10,13H2,1H3,(H2,33,36)/b20-12-/t22-,25+,26-/m0/s1. The summed E-state index contributed by atoms with van der Waals surface area (Å²) in [6.45, 7) is 8.63. The predicted octanol–water partition coefficient (Wildman–Crippen LogP) is 6.08. The van der Waals surface area contributed by atoms with Crippen LogP contribution in [-0.4, -0.2) is 45.0 Å². The van der Waals surface area contributed by atoms with Crippen LogP contribution in [0.5, 0.6) is 0 Å². The number of piperidine rings is 1. The molecule has 1 amide bonds. The topological polar surface area (TPSA) is 75.9 Å². The van der Waals surface area contributed by atoms with Gasteiger partial charge in [0, 0.05) is 30.8 Å². The number of carbonyl (C=O) groups is 1. The molecule has 1 aromatic carbocycles. The molecule has 0 spiro atoms. The molecule has 0 unspecified atom stereocenters. The minimum atomic E-state index is -4.29. The molecule has 2 fully saturated rings. The van der Waals surface area contributed by atoms with Crippen molar-refractivity contribution in [3.63, 3.8) is 0 Å². The van der Waals surface area contributed by atoms with Gasteiger partial charge in [0.25, 0.3) is 0 Å². The lowest BCUT2D eigenvalue weighted by Gasteiger charge is -2.38. The van der Waals surface area contributed by atoms with Gasteiger partial charge in [-0.3, -0.25) is 14.8 Å². The summed E-state index contributed by atoms with van der Waals surface area (Å²) in [4.78, 5) is 26.7. The van der Waals surface area contributed by atoms with E-state index in [2.05, 4.69) is 14.8 Å². The number of alkyl halides is 3. The van der Waals surface area contributed by atoms with Crippen LogP contribution >= 0.6 is 11.8 Å². The van der Waals surface area contributed by atoms with Crippen LogP contribution in [0.1, 0.15) is 43.0 Å². The van der Waals surface area contributed by atoms with Gasteiger partial charge in [-0.05, 0) is 56.0 Å². The molecule has 3 heterocycles. The van der Waals surface area contributed by atoms with E-state index < -0.39 is 39.9 Å². The number of nitrogens with zero attached hydrogens (tertiary/aromatic N) is 4. The maximum atomic E-state index is 15.2. The number of fused-ring (bicyclic) bond motifs is 1. The average Bonchev–Trinajstić information content (AvgIpc) is 3.65. The number of amides is 1. The second-order valence-corrected chi connectivity index (χ2v) is 11.5. The number of nitrogens with two attached hydrogens (primary N) is 1. The van der Waals surface area contributed by atoms with Crippen LogP contribution in [0.2, 0.25) is 0 Å². The Kier molecular flexibility index (Phi) is 6.69. The maximum Gasteiger partial charge on any atom is 0.391 e. The van der Waals surface area contributed by atoms with Crippen LogP contribution in [0, 0.1) is 24.2 Å². The van der Waals surface area contributed by atoms with Gasteiger partial charge in [-0.1, -0.05) is 23.9 Å². The highest BCUT2D eigenvalue weighted by molar-refractivity contribution is 8.15. The summed E-state index contributed by atoms with van der Waals surface area (Å²) in [7, 11) is 0. The Hall–Kier alpha value is -3.46. The minimum Gasteiger partial charge on any atom is -0.378 e. The third-order valence-corrected chi connectivity index (χ3v) is 9.07. The van der Waals surface area contributed by atoms with E-state index >= 15 is 4.39 Å². The van der Waals surface area contributed by atoms with Crippen molar-refractivity contribution in [2.75, 3.05) is 13.1 Å². The zero-order chi connectivity index (χ0) is 28.2. The van der Waals surface area contributed by atoms with Crippen LogP contribution in [0.4, 0.5) is 27.6 Å². The Morgan fingerprint density at radius 2 is 1.97 bits per heavy atom. The van der Waals surface area contributed by atoms with E-state index in [-0.39, 0.29) is 54.0 Å². The fourth-order valence-electron chi connectivity index (χ4n) is 5.57. The molecule has 12 heteroatoms.